The van der Waals surface area contributed by atoms with Gasteiger partial charge in [0, 0.05) is 12.1 Å². The molecule has 0 saturated carbocycles. The van der Waals surface area contributed by atoms with Gasteiger partial charge in [-0.25, -0.2) is 8.78 Å². The maximum atomic E-state index is 13.9. The van der Waals surface area contributed by atoms with Gasteiger partial charge in [-0.1, -0.05) is 24.3 Å². The molecule has 0 aliphatic carbocycles. The molecule has 0 radical (unpaired) electrons. The number of hydrogen-bond donors (Lipinski definition) is 2. The molecule has 29 heavy (non-hydrogen) atoms. The summed E-state index contributed by atoms with van der Waals surface area (Å²) < 4.78 is 32.9. The zero-order chi connectivity index (χ0) is 21.0. The lowest BCUT2D eigenvalue weighted by atomic mass is 10.1. The number of fused-ring (bicyclic) bond motifs is 1. The van der Waals surface area contributed by atoms with Crippen molar-refractivity contribution in [2.24, 2.45) is 0 Å². The van der Waals surface area contributed by atoms with Gasteiger partial charge in [-0.15, -0.1) is 0 Å². The molecule has 2 amide bonds. The van der Waals surface area contributed by atoms with Crippen LogP contribution in [0.2, 0.25) is 0 Å². The zero-order valence-electron chi connectivity index (χ0n) is 16.0. The van der Waals surface area contributed by atoms with Crippen molar-refractivity contribution in [2.45, 2.75) is 19.9 Å². The van der Waals surface area contributed by atoms with Crippen LogP contribution in [0.3, 0.4) is 0 Å². The first-order valence-corrected chi connectivity index (χ1v) is 9.05. The van der Waals surface area contributed by atoms with Gasteiger partial charge >= 0.3 is 0 Å². The molecule has 5 nitrogen and oxygen atoms in total. The number of carbonyl (C=O) groups is 2. The molecular weight excluding hydrogens is 378 g/mol. The third-order valence-electron chi connectivity index (χ3n) is 4.08. The molecule has 0 fully saturated rings. The third-order valence-corrected chi connectivity index (χ3v) is 4.08. The van der Waals surface area contributed by atoms with Crippen LogP contribution in [-0.4, -0.2) is 24.5 Å². The number of hydrogen-bond acceptors (Lipinski definition) is 3. The lowest BCUT2D eigenvalue weighted by Gasteiger charge is -2.14. The minimum atomic E-state index is -0.765. The summed E-state index contributed by atoms with van der Waals surface area (Å²) in [4.78, 5) is 24.7. The Bertz CT molecular complexity index is 1070. The number of ether oxygens (including phenoxy) is 1. The molecule has 0 atom stereocenters. The second-order valence-electron chi connectivity index (χ2n) is 6.78. The quantitative estimate of drug-likeness (QED) is 0.652. The second-order valence-corrected chi connectivity index (χ2v) is 6.78. The molecule has 7 heteroatoms. The Morgan fingerprint density at radius 1 is 1.00 bits per heavy atom. The second kappa shape index (κ2) is 8.68. The van der Waals surface area contributed by atoms with Crippen LogP contribution in [0, 0.1) is 11.6 Å². The zero-order valence-corrected chi connectivity index (χ0v) is 16.0. The number of halogens is 2. The van der Waals surface area contributed by atoms with Gasteiger partial charge in [-0.2, -0.15) is 0 Å². The predicted octanol–water partition coefficient (Wildman–Crippen LogP) is 4.27. The minimum absolute atomic E-state index is 0.0542. The number of anilines is 1. The van der Waals surface area contributed by atoms with E-state index in [0.29, 0.717) is 0 Å². The third kappa shape index (κ3) is 5.07. The van der Waals surface area contributed by atoms with Crippen LogP contribution in [0.5, 0.6) is 5.75 Å². The highest BCUT2D eigenvalue weighted by atomic mass is 19.1. The van der Waals surface area contributed by atoms with E-state index in [4.69, 9.17) is 4.74 Å². The summed E-state index contributed by atoms with van der Waals surface area (Å²) in [6.07, 6.45) is 0. The van der Waals surface area contributed by atoms with E-state index in [2.05, 4.69) is 10.6 Å². The lowest BCUT2D eigenvalue weighted by Crippen LogP contribution is -2.34. The van der Waals surface area contributed by atoms with Gasteiger partial charge in [0.15, 0.2) is 6.61 Å². The van der Waals surface area contributed by atoms with Gasteiger partial charge in [0.25, 0.3) is 11.8 Å². The molecule has 3 aromatic rings. The fourth-order valence-electron chi connectivity index (χ4n) is 2.81. The molecule has 0 aromatic heterocycles. The summed E-state index contributed by atoms with van der Waals surface area (Å²) in [5.41, 5.74) is -0.184. The molecule has 3 aromatic carbocycles. The fourth-order valence-corrected chi connectivity index (χ4v) is 2.81. The number of nitrogens with one attached hydrogen (secondary N) is 2. The standard InChI is InChI=1S/C22H20F2N2O3/c1-13(2)25-21(27)12-29-20-10-15-6-4-3-5-14(15)9-17(20)22(28)26-19-11-16(23)7-8-18(19)24/h3-11,13H,12H2,1-2H3,(H,25,27)(H,26,28). The summed E-state index contributed by atoms with van der Waals surface area (Å²) >= 11 is 0. The largest absolute Gasteiger partial charge is 0.483 e. The van der Waals surface area contributed by atoms with Crippen molar-refractivity contribution in [1.29, 1.82) is 0 Å². The average molecular weight is 398 g/mol. The molecule has 2 N–H and O–H groups in total. The van der Waals surface area contributed by atoms with Crippen molar-refractivity contribution in [1.82, 2.24) is 5.32 Å². The van der Waals surface area contributed by atoms with E-state index in [1.165, 1.54) is 0 Å². The predicted molar refractivity (Wildman–Crippen MR) is 107 cm³/mol. The van der Waals surface area contributed by atoms with Crippen LogP contribution in [-0.2, 0) is 4.79 Å². The molecule has 0 aliphatic rings. The highest BCUT2D eigenvalue weighted by Gasteiger charge is 2.17. The van der Waals surface area contributed by atoms with E-state index in [1.807, 2.05) is 38.1 Å². The van der Waals surface area contributed by atoms with E-state index < -0.39 is 17.5 Å². The Hall–Kier alpha value is -3.48. The lowest BCUT2D eigenvalue weighted by molar-refractivity contribution is -0.123. The maximum absolute atomic E-state index is 13.9. The van der Waals surface area contributed by atoms with Crippen molar-refractivity contribution >= 4 is 28.3 Å². The monoisotopic (exact) mass is 398 g/mol. The highest BCUT2D eigenvalue weighted by Crippen LogP contribution is 2.27. The fraction of sp³-hybridized carbons (Fsp3) is 0.182. The van der Waals surface area contributed by atoms with Crippen LogP contribution in [0.15, 0.2) is 54.6 Å². The van der Waals surface area contributed by atoms with Crippen molar-refractivity contribution in [3.63, 3.8) is 0 Å². The minimum Gasteiger partial charge on any atom is -0.483 e. The van der Waals surface area contributed by atoms with E-state index >= 15 is 0 Å². The van der Waals surface area contributed by atoms with Gasteiger partial charge in [-0.05, 0) is 48.9 Å². The van der Waals surface area contributed by atoms with E-state index in [0.717, 1.165) is 29.0 Å². The average Bonchev–Trinajstić information content (AvgIpc) is 2.68. The maximum Gasteiger partial charge on any atom is 0.259 e. The first kappa shape index (κ1) is 20.3. The molecule has 0 unspecified atom stereocenters. The summed E-state index contributed by atoms with van der Waals surface area (Å²) in [6, 6.07) is 13.2. The van der Waals surface area contributed by atoms with Gasteiger partial charge < -0.3 is 15.4 Å². The number of carbonyl (C=O) groups excluding carboxylic acids is 2. The molecule has 0 aliphatic heterocycles. The number of amides is 2. The molecule has 0 heterocycles. The summed E-state index contributed by atoms with van der Waals surface area (Å²) in [7, 11) is 0. The first-order chi connectivity index (χ1) is 13.8. The molecule has 0 spiro atoms. The van der Waals surface area contributed by atoms with E-state index in [9.17, 15) is 18.4 Å². The van der Waals surface area contributed by atoms with Crippen LogP contribution in [0.1, 0.15) is 24.2 Å². The summed E-state index contributed by atoms with van der Waals surface area (Å²) in [5, 5.41) is 6.62. The first-order valence-electron chi connectivity index (χ1n) is 9.05. The van der Waals surface area contributed by atoms with Crippen LogP contribution in [0.25, 0.3) is 10.8 Å². The van der Waals surface area contributed by atoms with Crippen molar-refractivity contribution in [3.8, 4) is 5.75 Å². The molecule has 150 valence electrons. The Morgan fingerprint density at radius 3 is 2.38 bits per heavy atom. The summed E-state index contributed by atoms with van der Waals surface area (Å²) in [5.74, 6) is -2.30. The van der Waals surface area contributed by atoms with Gasteiger partial charge in [0.05, 0.1) is 11.3 Å². The number of benzene rings is 3. The highest BCUT2D eigenvalue weighted by molar-refractivity contribution is 6.08. The van der Waals surface area contributed by atoms with Crippen LogP contribution < -0.4 is 15.4 Å². The van der Waals surface area contributed by atoms with E-state index in [-0.39, 0.29) is 35.6 Å². The molecular formula is C22H20F2N2O3. The van der Waals surface area contributed by atoms with Crippen LogP contribution >= 0.6 is 0 Å². The normalized spacial score (nSPS) is 10.8. The SMILES string of the molecule is CC(C)NC(=O)COc1cc2ccccc2cc1C(=O)Nc1cc(F)ccc1F. The Balaban J connectivity index is 1.92. The van der Waals surface area contributed by atoms with Gasteiger partial charge in [0.1, 0.15) is 17.4 Å². The van der Waals surface area contributed by atoms with E-state index in [1.54, 1.807) is 12.1 Å². The van der Waals surface area contributed by atoms with Crippen molar-refractivity contribution in [2.75, 3.05) is 11.9 Å². The Labute approximate surface area is 166 Å². The Morgan fingerprint density at radius 2 is 1.69 bits per heavy atom. The Kier molecular flexibility index (Phi) is 6.07. The topological polar surface area (TPSA) is 67.4 Å². The van der Waals surface area contributed by atoms with Crippen molar-refractivity contribution < 1.29 is 23.1 Å². The molecule has 3 rings (SSSR count). The van der Waals surface area contributed by atoms with Gasteiger partial charge in [0.2, 0.25) is 0 Å². The summed E-state index contributed by atoms with van der Waals surface area (Å²) in [6.45, 7) is 3.35. The number of rotatable bonds is 6. The smallest absolute Gasteiger partial charge is 0.259 e. The molecule has 0 saturated heterocycles. The van der Waals surface area contributed by atoms with Crippen LogP contribution in [0.4, 0.5) is 14.5 Å². The van der Waals surface area contributed by atoms with Crippen molar-refractivity contribution in [3.05, 3.63) is 71.8 Å². The molecule has 0 bridgehead atoms. The van der Waals surface area contributed by atoms with Gasteiger partial charge in [-0.3, -0.25) is 9.59 Å².